The highest BCUT2D eigenvalue weighted by molar-refractivity contribution is 5.99. The van der Waals surface area contributed by atoms with Crippen LogP contribution in [0.1, 0.15) is 35.0 Å². The fourth-order valence-corrected chi connectivity index (χ4v) is 4.82. The molecule has 2 N–H and O–H groups in total. The van der Waals surface area contributed by atoms with E-state index in [1.807, 2.05) is 49.5 Å². The van der Waals surface area contributed by atoms with Crippen LogP contribution < -0.4 is 5.32 Å². The first-order chi connectivity index (χ1) is 16.9. The summed E-state index contributed by atoms with van der Waals surface area (Å²) in [6, 6.07) is 13.3. The molecule has 0 saturated carbocycles. The zero-order valence-corrected chi connectivity index (χ0v) is 19.9. The highest BCUT2D eigenvalue weighted by Crippen LogP contribution is 2.28. The standard InChI is InChI=1S/C26H29N5O4/c1-16-27-26(29-35-16)20-5-3-4-19(12-20)23(15-31-9-8-21(32)14-31)30(2)25(34)11-17-6-7-18-13-24(33)28-22(18)10-17/h3-7,10,12,21,23,32H,8-9,11,13-15H2,1-2H3,(H,28,33)/t21-,23+/m0/s1. The molecule has 0 aliphatic carbocycles. The quantitative estimate of drug-likeness (QED) is 0.539. The summed E-state index contributed by atoms with van der Waals surface area (Å²) in [6.07, 6.45) is 0.992. The number of amides is 2. The van der Waals surface area contributed by atoms with E-state index in [2.05, 4.69) is 20.4 Å². The molecule has 3 aromatic rings. The van der Waals surface area contributed by atoms with Crippen LogP contribution in [0, 0.1) is 6.92 Å². The smallest absolute Gasteiger partial charge is 0.228 e. The number of aliphatic hydroxyl groups excluding tert-OH is 1. The van der Waals surface area contributed by atoms with Crippen molar-refractivity contribution in [3.8, 4) is 11.4 Å². The van der Waals surface area contributed by atoms with E-state index in [1.165, 1.54) is 0 Å². The molecule has 0 bridgehead atoms. The van der Waals surface area contributed by atoms with E-state index in [4.69, 9.17) is 4.52 Å². The number of likely N-dealkylation sites (tertiary alicyclic amines) is 1. The Balaban J connectivity index is 1.39. The molecule has 1 fully saturated rings. The lowest BCUT2D eigenvalue weighted by atomic mass is 10.0. The van der Waals surface area contributed by atoms with Crippen LogP contribution in [0.25, 0.3) is 11.4 Å². The Bertz CT molecular complexity index is 1260. The van der Waals surface area contributed by atoms with Gasteiger partial charge in [0.2, 0.25) is 23.5 Å². The lowest BCUT2D eigenvalue weighted by molar-refractivity contribution is -0.131. The van der Waals surface area contributed by atoms with Crippen LogP contribution in [-0.4, -0.2) is 69.6 Å². The van der Waals surface area contributed by atoms with Gasteiger partial charge in [0.1, 0.15) is 0 Å². The molecule has 35 heavy (non-hydrogen) atoms. The lowest BCUT2D eigenvalue weighted by Gasteiger charge is -2.32. The van der Waals surface area contributed by atoms with Crippen LogP contribution in [0.3, 0.4) is 0 Å². The Hall–Kier alpha value is -3.56. The summed E-state index contributed by atoms with van der Waals surface area (Å²) < 4.78 is 5.14. The maximum absolute atomic E-state index is 13.4. The summed E-state index contributed by atoms with van der Waals surface area (Å²) in [6.45, 7) is 3.73. The van der Waals surface area contributed by atoms with Crippen LogP contribution in [0.2, 0.25) is 0 Å². The summed E-state index contributed by atoms with van der Waals surface area (Å²) in [7, 11) is 1.82. The molecular formula is C26H29N5O4. The van der Waals surface area contributed by atoms with Crippen LogP contribution in [0.15, 0.2) is 47.0 Å². The predicted octanol–water partition coefficient (Wildman–Crippen LogP) is 2.35. The van der Waals surface area contributed by atoms with Gasteiger partial charge in [-0.3, -0.25) is 14.5 Å². The van der Waals surface area contributed by atoms with Gasteiger partial charge < -0.3 is 19.8 Å². The third kappa shape index (κ3) is 5.11. The van der Waals surface area contributed by atoms with Gasteiger partial charge >= 0.3 is 0 Å². The van der Waals surface area contributed by atoms with Crippen molar-refractivity contribution in [3.63, 3.8) is 0 Å². The number of likely N-dealkylation sites (N-methyl/N-ethyl adjacent to an activating group) is 1. The van der Waals surface area contributed by atoms with E-state index < -0.39 is 0 Å². The van der Waals surface area contributed by atoms with Gasteiger partial charge in [0.25, 0.3) is 0 Å². The van der Waals surface area contributed by atoms with E-state index in [-0.39, 0.29) is 30.4 Å². The molecule has 182 valence electrons. The SMILES string of the molecule is Cc1nc(-c2cccc([C@@H](CN3CC[C@H](O)C3)N(C)C(=O)Cc3ccc4c(c3)NC(=O)C4)c2)no1. The van der Waals surface area contributed by atoms with Crippen LogP contribution in [0.4, 0.5) is 5.69 Å². The Morgan fingerprint density at radius 2 is 2.17 bits per heavy atom. The number of nitrogens with one attached hydrogen (secondary N) is 1. The molecule has 0 unspecified atom stereocenters. The largest absolute Gasteiger partial charge is 0.392 e. The molecule has 0 spiro atoms. The number of aryl methyl sites for hydroxylation is 1. The Morgan fingerprint density at radius 3 is 2.91 bits per heavy atom. The van der Waals surface area contributed by atoms with Crippen molar-refractivity contribution >= 4 is 17.5 Å². The van der Waals surface area contributed by atoms with Crippen molar-refractivity contribution in [3.05, 3.63) is 65.0 Å². The second kappa shape index (κ2) is 9.59. The molecule has 2 atom stereocenters. The van der Waals surface area contributed by atoms with Crippen molar-refractivity contribution in [2.75, 3.05) is 32.0 Å². The fourth-order valence-electron chi connectivity index (χ4n) is 4.82. The second-order valence-electron chi connectivity index (χ2n) is 9.38. The van der Waals surface area contributed by atoms with Crippen LogP contribution in [0.5, 0.6) is 0 Å². The number of aliphatic hydroxyl groups is 1. The fraction of sp³-hybridized carbons (Fsp3) is 0.385. The number of anilines is 1. The Kier molecular flexibility index (Phi) is 6.36. The van der Waals surface area contributed by atoms with Gasteiger partial charge in [0, 0.05) is 44.9 Å². The van der Waals surface area contributed by atoms with Crippen molar-refractivity contribution in [2.45, 2.75) is 38.3 Å². The van der Waals surface area contributed by atoms with Gasteiger partial charge in [-0.2, -0.15) is 4.98 Å². The lowest BCUT2D eigenvalue weighted by Crippen LogP contribution is -2.39. The van der Waals surface area contributed by atoms with Gasteiger partial charge in [-0.1, -0.05) is 35.5 Å². The maximum Gasteiger partial charge on any atom is 0.228 e. The van der Waals surface area contributed by atoms with E-state index in [1.54, 1.807) is 11.8 Å². The van der Waals surface area contributed by atoms with Crippen molar-refractivity contribution in [2.24, 2.45) is 0 Å². The molecule has 2 aromatic carbocycles. The molecule has 5 rings (SSSR count). The molecule has 1 saturated heterocycles. The first-order valence-electron chi connectivity index (χ1n) is 11.8. The summed E-state index contributed by atoms with van der Waals surface area (Å²) in [4.78, 5) is 33.4. The van der Waals surface area contributed by atoms with E-state index >= 15 is 0 Å². The maximum atomic E-state index is 13.4. The van der Waals surface area contributed by atoms with Crippen LogP contribution in [-0.2, 0) is 22.4 Å². The van der Waals surface area contributed by atoms with Gasteiger partial charge in [-0.05, 0) is 35.2 Å². The third-order valence-corrected chi connectivity index (χ3v) is 6.75. The average Bonchev–Trinajstić information content (AvgIpc) is 3.56. The minimum atomic E-state index is -0.341. The molecule has 9 nitrogen and oxygen atoms in total. The number of benzene rings is 2. The number of β-amino-alcohol motifs (C(OH)–C–C–N with tert-alkyl or cyclic N) is 1. The molecule has 2 amide bonds. The topological polar surface area (TPSA) is 112 Å². The number of carbonyl (C=O) groups excluding carboxylic acids is 2. The zero-order chi connectivity index (χ0) is 24.5. The number of fused-ring (bicyclic) bond motifs is 1. The second-order valence-corrected chi connectivity index (χ2v) is 9.38. The van der Waals surface area contributed by atoms with Gasteiger partial charge in [-0.15, -0.1) is 0 Å². The predicted molar refractivity (Wildman–Crippen MR) is 130 cm³/mol. The normalized spacial score (nSPS) is 18.4. The van der Waals surface area contributed by atoms with Gasteiger partial charge in [-0.25, -0.2) is 0 Å². The summed E-state index contributed by atoms with van der Waals surface area (Å²) in [5, 5.41) is 16.9. The highest BCUT2D eigenvalue weighted by atomic mass is 16.5. The number of hydrogen-bond donors (Lipinski definition) is 2. The number of carbonyl (C=O) groups is 2. The van der Waals surface area contributed by atoms with E-state index in [0.717, 1.165) is 40.9 Å². The molecular weight excluding hydrogens is 446 g/mol. The molecule has 3 heterocycles. The highest BCUT2D eigenvalue weighted by Gasteiger charge is 2.29. The Morgan fingerprint density at radius 1 is 1.31 bits per heavy atom. The molecule has 1 aromatic heterocycles. The van der Waals surface area contributed by atoms with Gasteiger partial charge in [0.05, 0.1) is 25.0 Å². The van der Waals surface area contributed by atoms with Crippen LogP contribution >= 0.6 is 0 Å². The number of aromatic nitrogens is 2. The van der Waals surface area contributed by atoms with E-state index in [9.17, 15) is 14.7 Å². The minimum absolute atomic E-state index is 0.0230. The molecule has 2 aliphatic rings. The van der Waals surface area contributed by atoms with Crippen molar-refractivity contribution < 1.29 is 19.2 Å². The number of nitrogens with zero attached hydrogens (tertiary/aromatic N) is 4. The molecule has 0 radical (unpaired) electrons. The first kappa shape index (κ1) is 23.2. The third-order valence-electron chi connectivity index (χ3n) is 6.75. The van der Waals surface area contributed by atoms with Crippen molar-refractivity contribution in [1.29, 1.82) is 0 Å². The van der Waals surface area contributed by atoms with Crippen molar-refractivity contribution in [1.82, 2.24) is 19.9 Å². The molecule has 2 aliphatic heterocycles. The summed E-state index contributed by atoms with van der Waals surface area (Å²) in [5.74, 6) is 0.949. The summed E-state index contributed by atoms with van der Waals surface area (Å²) in [5.41, 5.74) is 4.38. The first-order valence-corrected chi connectivity index (χ1v) is 11.8. The summed E-state index contributed by atoms with van der Waals surface area (Å²) >= 11 is 0. The van der Waals surface area contributed by atoms with Gasteiger partial charge in [0.15, 0.2) is 0 Å². The number of rotatable bonds is 7. The molecule has 9 heteroatoms. The monoisotopic (exact) mass is 475 g/mol. The van der Waals surface area contributed by atoms with E-state index in [0.29, 0.717) is 31.2 Å². The number of hydrogen-bond acceptors (Lipinski definition) is 7. The Labute approximate surface area is 203 Å². The average molecular weight is 476 g/mol. The zero-order valence-electron chi connectivity index (χ0n) is 19.9. The minimum Gasteiger partial charge on any atom is -0.392 e.